The summed E-state index contributed by atoms with van der Waals surface area (Å²) in [5.74, 6) is -1.38. The Morgan fingerprint density at radius 2 is 1.23 bits per heavy atom. The van der Waals surface area contributed by atoms with Crippen molar-refractivity contribution in [3.05, 3.63) is 71.4 Å². The van der Waals surface area contributed by atoms with Crippen LogP contribution >= 0.6 is 15.6 Å². The second kappa shape index (κ2) is 35.8. The molecule has 1 aromatic heterocycles. The van der Waals surface area contributed by atoms with Crippen molar-refractivity contribution in [3.8, 4) is 0 Å². The number of epoxide rings is 1. The predicted octanol–water partition coefficient (Wildman–Crippen LogP) is 9.54. The van der Waals surface area contributed by atoms with Crippen LogP contribution in [0.4, 0.5) is 5.82 Å². The first-order chi connectivity index (χ1) is 34.1. The fourth-order valence-electron chi connectivity index (χ4n) is 7.64. The SMILES string of the molecule is CCCCC/C=C\CC1OC1C/C=C\C/C=C\CCCC(=O)OC[C@H](COP(=O)(O)OP(=O)(O)OC[C@H]1O[C@@H](n2ccc(N)nc2=O)[C@H](O)[C@@H]1O)OC(=O)CCCCCCCCC/C=C\CCCCCC. The minimum Gasteiger partial charge on any atom is -0.462 e. The molecule has 2 aliphatic heterocycles. The smallest absolute Gasteiger partial charge is 0.462 e. The highest BCUT2D eigenvalue weighted by Gasteiger charge is 2.46. The summed E-state index contributed by atoms with van der Waals surface area (Å²) in [5, 5.41) is 20.9. The highest BCUT2D eigenvalue weighted by Crippen LogP contribution is 2.60. The van der Waals surface area contributed by atoms with E-state index in [0.717, 1.165) is 87.8 Å². The van der Waals surface area contributed by atoms with Gasteiger partial charge >= 0.3 is 33.3 Å². The number of unbranched alkanes of at least 4 members (excludes halogenated alkanes) is 15. The Labute approximate surface area is 420 Å². The van der Waals surface area contributed by atoms with Crippen molar-refractivity contribution >= 4 is 33.4 Å². The molecule has 4 unspecified atom stereocenters. The van der Waals surface area contributed by atoms with Crippen LogP contribution in [0.15, 0.2) is 65.7 Å². The van der Waals surface area contributed by atoms with Crippen LogP contribution < -0.4 is 11.4 Å². The molecule has 404 valence electrons. The van der Waals surface area contributed by atoms with Crippen molar-refractivity contribution in [1.82, 2.24) is 9.55 Å². The molecule has 3 rings (SSSR count). The Kier molecular flexibility index (Phi) is 31.2. The Balaban J connectivity index is 1.41. The standard InChI is InChI=1S/C50H83N3O16P2/c1-3-5-7-9-11-12-13-14-15-16-17-18-21-26-30-34-46(55)66-40(37-63-45(54)33-29-25-22-19-20-24-28-32-42-41(67-42)31-27-23-10-8-6-4-2)38-64-70(59,60)69-71(61,62)65-39-43-47(56)48(57)49(68-43)53-36-35-44(51)52-50(53)58/h12-13,19,22-24,27-28,35-36,40-43,47-49,56-57H,3-11,14-18,20-21,25-26,29-34,37-39H2,1-2H3,(H,59,60)(H,61,62)(H2,51,52,58)/b13-12-,22-19-,27-23-,28-24-/t40-,41?,42?,43-,47-,48-,49-/m1/s1. The first-order valence-electron chi connectivity index (χ1n) is 25.8. The number of anilines is 1. The molecule has 21 heteroatoms. The van der Waals surface area contributed by atoms with E-state index in [2.05, 4.69) is 59.6 Å². The molecule has 0 bridgehead atoms. The van der Waals surface area contributed by atoms with Gasteiger partial charge in [-0.2, -0.15) is 9.29 Å². The molecule has 0 aliphatic carbocycles. The van der Waals surface area contributed by atoms with Crippen LogP contribution in [0.1, 0.15) is 174 Å². The van der Waals surface area contributed by atoms with Gasteiger partial charge in [0.25, 0.3) is 0 Å². The van der Waals surface area contributed by atoms with Crippen LogP contribution in [0.2, 0.25) is 0 Å². The summed E-state index contributed by atoms with van der Waals surface area (Å²) in [6, 6.07) is 1.24. The third-order valence-corrected chi connectivity index (χ3v) is 14.4. The van der Waals surface area contributed by atoms with Gasteiger partial charge in [0.2, 0.25) is 0 Å². The summed E-state index contributed by atoms with van der Waals surface area (Å²) >= 11 is 0. The number of nitrogen functional groups attached to an aromatic ring is 1. The van der Waals surface area contributed by atoms with Crippen LogP contribution in [-0.2, 0) is 51.0 Å². The molecule has 3 heterocycles. The van der Waals surface area contributed by atoms with Crippen LogP contribution in [0.3, 0.4) is 0 Å². The number of nitrogens with two attached hydrogens (primary N) is 1. The van der Waals surface area contributed by atoms with Gasteiger partial charge in [-0.3, -0.25) is 23.2 Å². The maximum atomic E-state index is 12.9. The quantitative estimate of drug-likeness (QED) is 0.0134. The molecule has 0 aromatic carbocycles. The number of ether oxygens (including phenoxy) is 4. The molecule has 2 saturated heterocycles. The number of carbonyl (C=O) groups is 2. The molecule has 2 fully saturated rings. The maximum Gasteiger partial charge on any atom is 0.481 e. The lowest BCUT2D eigenvalue weighted by molar-refractivity contribution is -0.161. The third kappa shape index (κ3) is 28.1. The lowest BCUT2D eigenvalue weighted by Gasteiger charge is -2.21. The topological polar surface area (TPSA) is 278 Å². The zero-order valence-electron chi connectivity index (χ0n) is 42.0. The van der Waals surface area contributed by atoms with Gasteiger partial charge in [-0.05, 0) is 83.1 Å². The van der Waals surface area contributed by atoms with E-state index < -0.39 is 83.7 Å². The first-order valence-corrected chi connectivity index (χ1v) is 28.8. The maximum absolute atomic E-state index is 12.9. The van der Waals surface area contributed by atoms with Gasteiger partial charge in [-0.15, -0.1) is 0 Å². The largest absolute Gasteiger partial charge is 0.481 e. The highest BCUT2D eigenvalue weighted by atomic mass is 31.3. The lowest BCUT2D eigenvalue weighted by Crippen LogP contribution is -2.36. The summed E-state index contributed by atoms with van der Waals surface area (Å²) in [6.45, 7) is 2.05. The lowest BCUT2D eigenvalue weighted by atomic mass is 10.1. The number of allylic oxidation sites excluding steroid dienone is 6. The fourth-order valence-corrected chi connectivity index (χ4v) is 9.75. The molecule has 6 N–H and O–H groups in total. The molecule has 1 aromatic rings. The summed E-state index contributed by atoms with van der Waals surface area (Å²) in [4.78, 5) is 61.9. The number of esters is 2. The van der Waals surface area contributed by atoms with Crippen molar-refractivity contribution in [2.24, 2.45) is 0 Å². The zero-order chi connectivity index (χ0) is 51.7. The second-order valence-corrected chi connectivity index (χ2v) is 21.1. The van der Waals surface area contributed by atoms with Gasteiger partial charge in [0.05, 0.1) is 25.4 Å². The van der Waals surface area contributed by atoms with Crippen molar-refractivity contribution < 1.29 is 71.0 Å². The van der Waals surface area contributed by atoms with Crippen LogP contribution in [-0.4, -0.2) is 97.9 Å². The van der Waals surface area contributed by atoms with E-state index in [-0.39, 0.29) is 24.8 Å². The number of aliphatic hydroxyl groups excluding tert-OH is 2. The molecule has 0 radical (unpaired) electrons. The highest BCUT2D eigenvalue weighted by molar-refractivity contribution is 7.61. The minimum atomic E-state index is -5.44. The first kappa shape index (κ1) is 62.0. The Morgan fingerprint density at radius 3 is 1.90 bits per heavy atom. The second-order valence-electron chi connectivity index (χ2n) is 18.1. The number of carbonyl (C=O) groups excluding carboxylic acids is 2. The average molecular weight is 1040 g/mol. The van der Waals surface area contributed by atoms with Crippen molar-refractivity contribution in [2.45, 2.75) is 211 Å². The monoisotopic (exact) mass is 1040 g/mol. The van der Waals surface area contributed by atoms with E-state index in [4.69, 9.17) is 33.7 Å². The van der Waals surface area contributed by atoms with Crippen LogP contribution in [0.25, 0.3) is 0 Å². The minimum absolute atomic E-state index is 0.0296. The van der Waals surface area contributed by atoms with Crippen LogP contribution in [0, 0.1) is 0 Å². The molecule has 0 saturated carbocycles. The summed E-state index contributed by atoms with van der Waals surface area (Å²) < 4.78 is 62.5. The molecule has 71 heavy (non-hydrogen) atoms. The predicted molar refractivity (Wildman–Crippen MR) is 270 cm³/mol. The summed E-state index contributed by atoms with van der Waals surface area (Å²) in [7, 11) is -10.9. The molecular weight excluding hydrogens is 961 g/mol. The number of phosphoric ester groups is 2. The number of hydrogen-bond donors (Lipinski definition) is 5. The van der Waals surface area contributed by atoms with Gasteiger partial charge < -0.3 is 44.7 Å². The number of phosphoric acid groups is 2. The Morgan fingerprint density at radius 1 is 0.690 bits per heavy atom. The van der Waals surface area contributed by atoms with Gasteiger partial charge in [-0.25, -0.2) is 13.9 Å². The van der Waals surface area contributed by atoms with E-state index in [0.29, 0.717) is 25.4 Å². The Hall–Kier alpha value is -3.32. The Bertz CT molecular complexity index is 1950. The summed E-state index contributed by atoms with van der Waals surface area (Å²) in [5.41, 5.74) is 4.58. The normalized spacial score (nSPS) is 22.4. The number of hydrogen-bond acceptors (Lipinski definition) is 16. The average Bonchev–Trinajstić information content (AvgIpc) is 4.02. The number of rotatable bonds is 41. The molecule has 2 aliphatic rings. The zero-order valence-corrected chi connectivity index (χ0v) is 43.7. The fraction of sp³-hybridized carbons (Fsp3) is 0.720. The van der Waals surface area contributed by atoms with Gasteiger partial charge in [0.15, 0.2) is 12.3 Å². The van der Waals surface area contributed by atoms with Gasteiger partial charge in [0.1, 0.15) is 30.7 Å². The molecule has 19 nitrogen and oxygen atoms in total. The van der Waals surface area contributed by atoms with Crippen molar-refractivity contribution in [2.75, 3.05) is 25.6 Å². The molecule has 0 spiro atoms. The molecule has 9 atom stereocenters. The van der Waals surface area contributed by atoms with Crippen LogP contribution in [0.5, 0.6) is 0 Å². The summed E-state index contributed by atoms with van der Waals surface area (Å²) in [6.07, 6.45) is 33.6. The van der Waals surface area contributed by atoms with E-state index >= 15 is 0 Å². The number of aromatic nitrogens is 2. The van der Waals surface area contributed by atoms with Gasteiger partial charge in [-0.1, -0.05) is 127 Å². The molecule has 0 amide bonds. The van der Waals surface area contributed by atoms with Crippen molar-refractivity contribution in [3.63, 3.8) is 0 Å². The number of nitrogens with zero attached hydrogens (tertiary/aromatic N) is 2. The van der Waals surface area contributed by atoms with E-state index in [9.17, 15) is 43.5 Å². The van der Waals surface area contributed by atoms with Gasteiger partial charge in [0, 0.05) is 19.0 Å². The number of aliphatic hydroxyl groups is 2. The molecular formula is C50H83N3O16P2. The van der Waals surface area contributed by atoms with E-state index in [1.807, 2.05) is 12.2 Å². The van der Waals surface area contributed by atoms with E-state index in [1.165, 1.54) is 51.0 Å². The van der Waals surface area contributed by atoms with E-state index in [1.54, 1.807) is 0 Å². The third-order valence-electron chi connectivity index (χ3n) is 11.8. The van der Waals surface area contributed by atoms with Crippen molar-refractivity contribution in [1.29, 1.82) is 0 Å².